The predicted molar refractivity (Wildman–Crippen MR) is 74.8 cm³/mol. The van der Waals surface area contributed by atoms with Gasteiger partial charge in [-0.25, -0.2) is 8.78 Å². The van der Waals surface area contributed by atoms with Gasteiger partial charge in [0.05, 0.1) is 5.69 Å². The Balaban J connectivity index is 2.02. The fourth-order valence-electron chi connectivity index (χ4n) is 2.44. The number of anilines is 2. The number of hydrogen-bond donors (Lipinski definition) is 1. The van der Waals surface area contributed by atoms with Crippen LogP contribution in [-0.4, -0.2) is 0 Å². The standard InChI is InChI=1S/C14H11BrF2N2/c15-11-4-9(16)5-12(17)14(11)19-6-8-2-1-3-13(18)10(8)7-19/h1-5H,6-7,18H2. The van der Waals surface area contributed by atoms with Crippen molar-refractivity contribution in [3.63, 3.8) is 0 Å². The van der Waals surface area contributed by atoms with Gasteiger partial charge in [-0.15, -0.1) is 0 Å². The molecule has 2 aromatic rings. The third kappa shape index (κ3) is 2.08. The van der Waals surface area contributed by atoms with E-state index in [0.717, 1.165) is 17.2 Å². The number of rotatable bonds is 1. The maximum atomic E-state index is 13.9. The maximum absolute atomic E-state index is 13.9. The number of fused-ring (bicyclic) bond motifs is 1. The van der Waals surface area contributed by atoms with Crippen molar-refractivity contribution in [2.75, 3.05) is 10.6 Å². The molecule has 5 heteroatoms. The topological polar surface area (TPSA) is 29.3 Å². The van der Waals surface area contributed by atoms with Gasteiger partial charge in [-0.3, -0.25) is 0 Å². The van der Waals surface area contributed by atoms with Crippen LogP contribution in [-0.2, 0) is 13.1 Å². The van der Waals surface area contributed by atoms with Crippen LogP contribution in [0.2, 0.25) is 0 Å². The van der Waals surface area contributed by atoms with E-state index in [2.05, 4.69) is 15.9 Å². The van der Waals surface area contributed by atoms with E-state index in [1.54, 1.807) is 0 Å². The quantitative estimate of drug-likeness (QED) is 0.808. The molecule has 0 spiro atoms. The van der Waals surface area contributed by atoms with E-state index in [9.17, 15) is 8.78 Å². The summed E-state index contributed by atoms with van der Waals surface area (Å²) in [5, 5.41) is 0. The molecule has 0 radical (unpaired) electrons. The van der Waals surface area contributed by atoms with Gasteiger partial charge < -0.3 is 10.6 Å². The zero-order valence-electron chi connectivity index (χ0n) is 9.96. The van der Waals surface area contributed by atoms with Crippen LogP contribution in [0.5, 0.6) is 0 Å². The van der Waals surface area contributed by atoms with Crippen molar-refractivity contribution in [3.05, 3.63) is 57.6 Å². The van der Waals surface area contributed by atoms with E-state index in [1.807, 2.05) is 23.1 Å². The van der Waals surface area contributed by atoms with Crippen LogP contribution >= 0.6 is 15.9 Å². The Hall–Kier alpha value is -1.62. The second-order valence-electron chi connectivity index (χ2n) is 4.56. The van der Waals surface area contributed by atoms with Gasteiger partial charge in [0.25, 0.3) is 0 Å². The lowest BCUT2D eigenvalue weighted by atomic mass is 10.1. The SMILES string of the molecule is Nc1cccc2c1CN(c1c(F)cc(F)cc1Br)C2. The Morgan fingerprint density at radius 2 is 1.95 bits per heavy atom. The summed E-state index contributed by atoms with van der Waals surface area (Å²) in [5.41, 5.74) is 9.09. The van der Waals surface area contributed by atoms with Gasteiger partial charge in [0.15, 0.2) is 5.82 Å². The van der Waals surface area contributed by atoms with Gasteiger partial charge in [0.2, 0.25) is 0 Å². The van der Waals surface area contributed by atoms with Gasteiger partial charge in [-0.2, -0.15) is 0 Å². The maximum Gasteiger partial charge on any atom is 0.150 e. The summed E-state index contributed by atoms with van der Waals surface area (Å²) in [6.45, 7) is 1.10. The molecule has 0 bridgehead atoms. The van der Waals surface area contributed by atoms with Crippen LogP contribution in [0.4, 0.5) is 20.2 Å². The molecule has 0 saturated heterocycles. The number of nitrogens with two attached hydrogens (primary N) is 1. The van der Waals surface area contributed by atoms with E-state index >= 15 is 0 Å². The molecule has 0 unspecified atom stereocenters. The number of nitrogen functional groups attached to an aromatic ring is 1. The highest BCUT2D eigenvalue weighted by Gasteiger charge is 2.25. The van der Waals surface area contributed by atoms with Crippen molar-refractivity contribution in [2.24, 2.45) is 0 Å². The lowest BCUT2D eigenvalue weighted by Gasteiger charge is -2.20. The summed E-state index contributed by atoms with van der Waals surface area (Å²) in [5.74, 6) is -1.16. The fraction of sp³-hybridized carbons (Fsp3) is 0.143. The van der Waals surface area contributed by atoms with Gasteiger partial charge in [-0.1, -0.05) is 12.1 Å². The molecule has 0 aromatic heterocycles. The average Bonchev–Trinajstić information content (AvgIpc) is 2.72. The zero-order chi connectivity index (χ0) is 13.6. The zero-order valence-corrected chi connectivity index (χ0v) is 11.5. The number of nitrogens with zero attached hydrogens (tertiary/aromatic N) is 1. The van der Waals surface area contributed by atoms with Gasteiger partial charge in [0.1, 0.15) is 5.82 Å². The average molecular weight is 325 g/mol. The fourth-order valence-corrected chi connectivity index (χ4v) is 3.10. The summed E-state index contributed by atoms with van der Waals surface area (Å²) in [6, 6.07) is 7.85. The summed E-state index contributed by atoms with van der Waals surface area (Å²) in [7, 11) is 0. The van der Waals surface area contributed by atoms with Crippen molar-refractivity contribution >= 4 is 27.3 Å². The molecule has 2 nitrogen and oxygen atoms in total. The molecule has 0 amide bonds. The minimum absolute atomic E-state index is 0.372. The molecule has 2 N–H and O–H groups in total. The van der Waals surface area contributed by atoms with Crippen LogP contribution in [0.3, 0.4) is 0 Å². The second kappa shape index (κ2) is 4.49. The Bertz CT molecular complexity index is 635. The first-order chi connectivity index (χ1) is 9.06. The summed E-state index contributed by atoms with van der Waals surface area (Å²) in [6.07, 6.45) is 0. The van der Waals surface area contributed by atoms with Crippen LogP contribution < -0.4 is 10.6 Å². The Morgan fingerprint density at radius 1 is 1.16 bits per heavy atom. The highest BCUT2D eigenvalue weighted by Crippen LogP contribution is 2.37. The monoisotopic (exact) mass is 324 g/mol. The predicted octanol–water partition coefficient (Wildman–Crippen LogP) is 3.83. The summed E-state index contributed by atoms with van der Waals surface area (Å²) in [4.78, 5) is 1.85. The van der Waals surface area contributed by atoms with Crippen LogP contribution in [0, 0.1) is 11.6 Å². The lowest BCUT2D eigenvalue weighted by molar-refractivity contribution is 0.577. The van der Waals surface area contributed by atoms with Crippen molar-refractivity contribution in [2.45, 2.75) is 13.1 Å². The molecular formula is C14H11BrF2N2. The lowest BCUT2D eigenvalue weighted by Crippen LogP contribution is -2.17. The normalized spacial score (nSPS) is 13.7. The summed E-state index contributed by atoms with van der Waals surface area (Å²) < 4.78 is 27.5. The molecule has 3 rings (SSSR count). The van der Waals surface area contributed by atoms with Crippen molar-refractivity contribution in [3.8, 4) is 0 Å². The van der Waals surface area contributed by atoms with Crippen LogP contribution in [0.1, 0.15) is 11.1 Å². The van der Waals surface area contributed by atoms with Crippen molar-refractivity contribution in [1.29, 1.82) is 0 Å². The van der Waals surface area contributed by atoms with Crippen molar-refractivity contribution < 1.29 is 8.78 Å². The molecule has 19 heavy (non-hydrogen) atoms. The van der Waals surface area contributed by atoms with E-state index in [-0.39, 0.29) is 0 Å². The van der Waals surface area contributed by atoms with E-state index in [1.165, 1.54) is 6.07 Å². The van der Waals surface area contributed by atoms with E-state index < -0.39 is 11.6 Å². The molecule has 0 atom stereocenters. The highest BCUT2D eigenvalue weighted by molar-refractivity contribution is 9.10. The molecule has 0 saturated carbocycles. The highest BCUT2D eigenvalue weighted by atomic mass is 79.9. The van der Waals surface area contributed by atoms with Crippen LogP contribution in [0.15, 0.2) is 34.8 Å². The first-order valence-electron chi connectivity index (χ1n) is 5.82. The molecule has 1 heterocycles. The van der Waals surface area contributed by atoms with Crippen molar-refractivity contribution in [1.82, 2.24) is 0 Å². The Morgan fingerprint density at radius 3 is 2.63 bits per heavy atom. The molecule has 2 aromatic carbocycles. The number of hydrogen-bond acceptors (Lipinski definition) is 2. The molecule has 98 valence electrons. The minimum Gasteiger partial charge on any atom is -0.398 e. The first kappa shape index (κ1) is 12.4. The van der Waals surface area contributed by atoms with Gasteiger partial charge in [0, 0.05) is 29.3 Å². The third-order valence-corrected chi connectivity index (χ3v) is 3.92. The molecule has 0 aliphatic carbocycles. The number of benzene rings is 2. The van der Waals surface area contributed by atoms with Gasteiger partial charge >= 0.3 is 0 Å². The molecule has 0 fully saturated rings. The summed E-state index contributed by atoms with van der Waals surface area (Å²) >= 11 is 3.22. The molecule has 1 aliphatic rings. The smallest absolute Gasteiger partial charge is 0.150 e. The third-order valence-electron chi connectivity index (χ3n) is 3.32. The Kier molecular flexibility index (Phi) is 2.93. The number of halogens is 3. The first-order valence-corrected chi connectivity index (χ1v) is 6.61. The van der Waals surface area contributed by atoms with Gasteiger partial charge in [-0.05, 0) is 39.2 Å². The molecular weight excluding hydrogens is 314 g/mol. The van der Waals surface area contributed by atoms with E-state index in [4.69, 9.17) is 5.73 Å². The minimum atomic E-state index is -0.593. The second-order valence-corrected chi connectivity index (χ2v) is 5.41. The molecule has 1 aliphatic heterocycles. The van der Waals surface area contributed by atoms with E-state index in [0.29, 0.717) is 28.9 Å². The largest absolute Gasteiger partial charge is 0.398 e. The van der Waals surface area contributed by atoms with Crippen LogP contribution in [0.25, 0.3) is 0 Å². The Labute approximate surface area is 118 Å².